The van der Waals surface area contributed by atoms with Crippen LogP contribution in [0.15, 0.2) is 90.3 Å². The van der Waals surface area contributed by atoms with Gasteiger partial charge in [-0.15, -0.1) is 10.2 Å². The lowest BCUT2D eigenvalue weighted by atomic mass is 10.1. The molecule has 0 spiro atoms. The summed E-state index contributed by atoms with van der Waals surface area (Å²) in [4.78, 5) is 25.0. The zero-order valence-electron chi connectivity index (χ0n) is 17.1. The molecule has 0 fully saturated rings. The van der Waals surface area contributed by atoms with Gasteiger partial charge in [-0.3, -0.25) is 14.2 Å². The molecule has 0 saturated heterocycles. The Hall–Kier alpha value is -3.42. The van der Waals surface area contributed by atoms with Gasteiger partial charge in [0.1, 0.15) is 11.6 Å². The molecule has 32 heavy (non-hydrogen) atoms. The minimum absolute atomic E-state index is 0.0651. The predicted molar refractivity (Wildman–Crippen MR) is 126 cm³/mol. The predicted octanol–water partition coefficient (Wildman–Crippen LogP) is 5.60. The van der Waals surface area contributed by atoms with Crippen LogP contribution in [0.5, 0.6) is 0 Å². The summed E-state index contributed by atoms with van der Waals surface area (Å²) in [5.41, 5.74) is 2.71. The molecule has 1 atom stereocenters. The van der Waals surface area contributed by atoms with Gasteiger partial charge in [-0.05, 0) is 42.8 Å². The number of thioether (sulfide) groups is 1. The van der Waals surface area contributed by atoms with Crippen LogP contribution in [-0.4, -0.2) is 26.5 Å². The van der Waals surface area contributed by atoms with Crippen LogP contribution in [0.1, 0.15) is 28.1 Å². The number of amides is 1. The SMILES string of the molecule is CC(=O)c1cccc(NC(=O)C(Sc2nncn2-c2cccc(Cl)c2)c2ccccc2)c1. The minimum atomic E-state index is -0.598. The number of Topliss-reactive ketones (excluding diaryl/α,β-unsaturated/α-hetero) is 1. The molecule has 0 aliphatic carbocycles. The van der Waals surface area contributed by atoms with E-state index in [-0.39, 0.29) is 11.7 Å². The molecule has 160 valence electrons. The lowest BCUT2D eigenvalue weighted by Gasteiger charge is -2.17. The van der Waals surface area contributed by atoms with Crippen LogP contribution in [-0.2, 0) is 4.79 Å². The summed E-state index contributed by atoms with van der Waals surface area (Å²) in [6.45, 7) is 1.49. The quantitative estimate of drug-likeness (QED) is 0.286. The Kier molecular flexibility index (Phi) is 6.68. The number of rotatable bonds is 7. The fourth-order valence-electron chi connectivity index (χ4n) is 3.14. The van der Waals surface area contributed by atoms with Gasteiger partial charge in [-0.25, -0.2) is 0 Å². The molecule has 0 saturated carbocycles. The van der Waals surface area contributed by atoms with Gasteiger partial charge in [0.2, 0.25) is 5.91 Å². The molecule has 3 aromatic carbocycles. The van der Waals surface area contributed by atoms with Crippen LogP contribution in [0, 0.1) is 0 Å². The number of nitrogens with one attached hydrogen (secondary N) is 1. The van der Waals surface area contributed by atoms with Gasteiger partial charge >= 0.3 is 0 Å². The van der Waals surface area contributed by atoms with Gasteiger partial charge in [0, 0.05) is 16.3 Å². The zero-order valence-corrected chi connectivity index (χ0v) is 18.7. The molecular formula is C24H19ClN4O2S. The van der Waals surface area contributed by atoms with Crippen LogP contribution < -0.4 is 5.32 Å². The van der Waals surface area contributed by atoms with E-state index in [4.69, 9.17) is 11.6 Å². The average Bonchev–Trinajstić information content (AvgIpc) is 3.26. The largest absolute Gasteiger partial charge is 0.325 e. The van der Waals surface area contributed by atoms with Crippen molar-refractivity contribution in [1.82, 2.24) is 14.8 Å². The van der Waals surface area contributed by atoms with Gasteiger partial charge in [0.05, 0.1) is 5.69 Å². The van der Waals surface area contributed by atoms with E-state index in [9.17, 15) is 9.59 Å². The lowest BCUT2D eigenvalue weighted by molar-refractivity contribution is -0.115. The Morgan fingerprint density at radius 2 is 1.78 bits per heavy atom. The summed E-state index contributed by atoms with van der Waals surface area (Å²) in [5.74, 6) is -0.299. The van der Waals surface area contributed by atoms with Crippen molar-refractivity contribution in [2.75, 3.05) is 5.32 Å². The third kappa shape index (κ3) is 5.07. The summed E-state index contributed by atoms with van der Waals surface area (Å²) in [6, 6.07) is 23.7. The maximum atomic E-state index is 13.3. The second-order valence-electron chi connectivity index (χ2n) is 7.00. The van der Waals surface area contributed by atoms with E-state index in [1.165, 1.54) is 18.7 Å². The van der Waals surface area contributed by atoms with Crippen molar-refractivity contribution in [3.8, 4) is 5.69 Å². The number of benzene rings is 3. The first kappa shape index (κ1) is 21.8. The average molecular weight is 463 g/mol. The first-order chi connectivity index (χ1) is 15.5. The number of carbonyl (C=O) groups is 2. The molecule has 0 aliphatic heterocycles. The van der Waals surface area contributed by atoms with Gasteiger partial charge in [0.25, 0.3) is 0 Å². The van der Waals surface area contributed by atoms with Crippen molar-refractivity contribution in [3.63, 3.8) is 0 Å². The van der Waals surface area contributed by atoms with Gasteiger partial charge in [-0.1, -0.05) is 71.9 Å². The smallest absolute Gasteiger partial charge is 0.242 e. The first-order valence-corrected chi connectivity index (χ1v) is 11.1. The Bertz CT molecular complexity index is 1260. The molecular weight excluding hydrogens is 444 g/mol. The van der Waals surface area contributed by atoms with Crippen LogP contribution in [0.4, 0.5) is 5.69 Å². The molecule has 6 nitrogen and oxygen atoms in total. The Morgan fingerprint density at radius 3 is 2.53 bits per heavy atom. The molecule has 0 radical (unpaired) electrons. The molecule has 0 bridgehead atoms. The highest BCUT2D eigenvalue weighted by Gasteiger charge is 2.25. The highest BCUT2D eigenvalue weighted by Crippen LogP contribution is 2.36. The van der Waals surface area contributed by atoms with E-state index in [1.54, 1.807) is 47.3 Å². The zero-order chi connectivity index (χ0) is 22.5. The highest BCUT2D eigenvalue weighted by atomic mass is 35.5. The number of nitrogens with zero attached hydrogens (tertiary/aromatic N) is 3. The number of aromatic nitrogens is 3. The molecule has 1 unspecified atom stereocenters. The Balaban J connectivity index is 1.65. The topological polar surface area (TPSA) is 76.9 Å². The number of ketones is 1. The van der Waals surface area contributed by atoms with Crippen LogP contribution in [0.2, 0.25) is 5.02 Å². The van der Waals surface area contributed by atoms with Gasteiger partial charge < -0.3 is 5.32 Å². The monoisotopic (exact) mass is 462 g/mol. The summed E-state index contributed by atoms with van der Waals surface area (Å²) in [6.07, 6.45) is 1.59. The van der Waals surface area contributed by atoms with E-state index in [0.29, 0.717) is 21.4 Å². The third-order valence-corrected chi connectivity index (χ3v) is 6.15. The van der Waals surface area contributed by atoms with Crippen molar-refractivity contribution >= 4 is 40.7 Å². The molecule has 1 aromatic heterocycles. The van der Waals surface area contributed by atoms with Crippen molar-refractivity contribution in [1.29, 1.82) is 0 Å². The fraction of sp³-hybridized carbons (Fsp3) is 0.0833. The summed E-state index contributed by atoms with van der Waals surface area (Å²) >= 11 is 7.42. The van der Waals surface area contributed by atoms with Crippen molar-refractivity contribution < 1.29 is 9.59 Å². The second kappa shape index (κ2) is 9.80. The number of carbonyl (C=O) groups excluding carboxylic acids is 2. The summed E-state index contributed by atoms with van der Waals surface area (Å²) < 4.78 is 1.79. The van der Waals surface area contributed by atoms with Crippen molar-refractivity contribution in [2.45, 2.75) is 17.3 Å². The molecule has 4 rings (SSSR count). The second-order valence-corrected chi connectivity index (χ2v) is 8.51. The van der Waals surface area contributed by atoms with E-state index in [2.05, 4.69) is 15.5 Å². The maximum Gasteiger partial charge on any atom is 0.242 e. The van der Waals surface area contributed by atoms with E-state index in [0.717, 1.165) is 11.3 Å². The lowest BCUT2D eigenvalue weighted by Crippen LogP contribution is -2.19. The number of anilines is 1. The number of hydrogen-bond donors (Lipinski definition) is 1. The third-order valence-electron chi connectivity index (χ3n) is 4.70. The van der Waals surface area contributed by atoms with Gasteiger partial charge in [-0.2, -0.15) is 0 Å². The molecule has 0 aliphatic rings. The normalized spacial score (nSPS) is 11.7. The highest BCUT2D eigenvalue weighted by molar-refractivity contribution is 8.00. The van der Waals surface area contributed by atoms with Crippen molar-refractivity contribution in [2.24, 2.45) is 0 Å². The minimum Gasteiger partial charge on any atom is -0.325 e. The molecule has 1 heterocycles. The van der Waals surface area contributed by atoms with E-state index < -0.39 is 5.25 Å². The van der Waals surface area contributed by atoms with Gasteiger partial charge in [0.15, 0.2) is 10.9 Å². The maximum absolute atomic E-state index is 13.3. The van der Waals surface area contributed by atoms with Crippen LogP contribution >= 0.6 is 23.4 Å². The number of hydrogen-bond acceptors (Lipinski definition) is 5. The fourth-order valence-corrected chi connectivity index (χ4v) is 4.35. The van der Waals surface area contributed by atoms with E-state index in [1.807, 2.05) is 42.5 Å². The Labute approximate surface area is 194 Å². The molecule has 1 N–H and O–H groups in total. The molecule has 1 amide bonds. The van der Waals surface area contributed by atoms with E-state index >= 15 is 0 Å². The van der Waals surface area contributed by atoms with Crippen molar-refractivity contribution in [3.05, 3.63) is 101 Å². The molecule has 8 heteroatoms. The summed E-state index contributed by atoms with van der Waals surface area (Å²) in [5, 5.41) is 11.7. The standard InChI is InChI=1S/C24H19ClN4O2S/c1-16(30)18-9-5-11-20(13-18)27-23(31)22(17-7-3-2-4-8-17)32-24-28-26-15-29(24)21-12-6-10-19(25)14-21/h2-15,22H,1H3,(H,27,31). The van der Waals surface area contributed by atoms with Crippen LogP contribution in [0.25, 0.3) is 5.69 Å². The van der Waals surface area contributed by atoms with Crippen LogP contribution in [0.3, 0.4) is 0 Å². The Morgan fingerprint density at radius 1 is 1.00 bits per heavy atom. The number of halogens is 1. The summed E-state index contributed by atoms with van der Waals surface area (Å²) in [7, 11) is 0. The molecule has 4 aromatic rings. The first-order valence-electron chi connectivity index (χ1n) is 9.81.